The quantitative estimate of drug-likeness (QED) is 0.818. The summed E-state index contributed by atoms with van der Waals surface area (Å²) in [5, 5.41) is 5.61. The Morgan fingerprint density at radius 3 is 2.13 bits per heavy atom. The lowest BCUT2D eigenvalue weighted by atomic mass is 9.98. The molecule has 1 saturated heterocycles. The van der Waals surface area contributed by atoms with Gasteiger partial charge in [0.2, 0.25) is 0 Å². The first-order chi connectivity index (χ1) is 6.08. The monoisotopic (exact) mass is 268 g/mol. The lowest BCUT2D eigenvalue weighted by Crippen LogP contribution is -2.37. The maximum absolute atomic E-state index is 11.7. The summed E-state index contributed by atoms with van der Waals surface area (Å²) in [6.45, 7) is 1.48. The summed E-state index contributed by atoms with van der Waals surface area (Å²) < 4.78 is 35.2. The van der Waals surface area contributed by atoms with Gasteiger partial charge in [-0.15, -0.1) is 24.8 Å². The van der Waals surface area contributed by atoms with Crippen molar-refractivity contribution in [3.05, 3.63) is 0 Å². The van der Waals surface area contributed by atoms with Crippen LogP contribution in [0.3, 0.4) is 0 Å². The van der Waals surface area contributed by atoms with Crippen molar-refractivity contribution in [3.63, 3.8) is 0 Å². The van der Waals surface area contributed by atoms with Gasteiger partial charge in [-0.05, 0) is 38.4 Å². The van der Waals surface area contributed by atoms with E-state index in [-0.39, 0.29) is 24.8 Å². The topological polar surface area (TPSA) is 24.1 Å². The Kier molecular flexibility index (Phi) is 9.95. The van der Waals surface area contributed by atoms with E-state index in [0.29, 0.717) is 12.5 Å². The molecule has 0 saturated carbocycles. The standard InChI is InChI=1S/C8H15F3N2.2ClH/c9-8(10,11)6-13-5-7-1-3-12-4-2-7;;/h7,12-13H,1-6H2;2*1H. The van der Waals surface area contributed by atoms with Crippen molar-refractivity contribution in [1.29, 1.82) is 0 Å². The van der Waals surface area contributed by atoms with Crippen LogP contribution >= 0.6 is 24.8 Å². The predicted octanol–water partition coefficient (Wildman–Crippen LogP) is 1.98. The molecule has 2 N–H and O–H groups in total. The van der Waals surface area contributed by atoms with Gasteiger partial charge >= 0.3 is 6.18 Å². The van der Waals surface area contributed by atoms with Crippen molar-refractivity contribution in [2.75, 3.05) is 26.2 Å². The second kappa shape index (κ2) is 8.44. The van der Waals surface area contributed by atoms with Crippen LogP contribution < -0.4 is 10.6 Å². The van der Waals surface area contributed by atoms with Crippen LogP contribution in [0, 0.1) is 5.92 Å². The van der Waals surface area contributed by atoms with Crippen molar-refractivity contribution in [3.8, 4) is 0 Å². The SMILES string of the molecule is Cl.Cl.FC(F)(F)CNCC1CCNCC1. The molecule has 0 spiro atoms. The van der Waals surface area contributed by atoms with Crippen LogP contribution in [-0.4, -0.2) is 32.4 Å². The zero-order chi connectivity index (χ0) is 9.73. The van der Waals surface area contributed by atoms with E-state index in [2.05, 4.69) is 10.6 Å². The Hall–Kier alpha value is 0.290. The summed E-state index contributed by atoms with van der Waals surface area (Å²) >= 11 is 0. The van der Waals surface area contributed by atoms with Crippen LogP contribution in [0.4, 0.5) is 13.2 Å². The Morgan fingerprint density at radius 1 is 1.13 bits per heavy atom. The summed E-state index contributed by atoms with van der Waals surface area (Å²) in [6.07, 6.45) is -2.12. The van der Waals surface area contributed by atoms with E-state index in [9.17, 15) is 13.2 Å². The number of hydrogen-bond donors (Lipinski definition) is 2. The Bertz CT molecular complexity index is 149. The minimum absolute atomic E-state index is 0. The molecule has 0 unspecified atom stereocenters. The molecule has 94 valence electrons. The first-order valence-electron chi connectivity index (χ1n) is 4.56. The lowest BCUT2D eigenvalue weighted by molar-refractivity contribution is -0.125. The number of alkyl halides is 3. The number of hydrogen-bond acceptors (Lipinski definition) is 2. The van der Waals surface area contributed by atoms with Gasteiger partial charge in [0.1, 0.15) is 0 Å². The van der Waals surface area contributed by atoms with Crippen molar-refractivity contribution in [1.82, 2.24) is 10.6 Å². The van der Waals surface area contributed by atoms with Gasteiger partial charge < -0.3 is 10.6 Å². The van der Waals surface area contributed by atoms with Gasteiger partial charge in [-0.2, -0.15) is 13.2 Å². The third-order valence-corrected chi connectivity index (χ3v) is 2.22. The summed E-state index contributed by atoms with van der Waals surface area (Å²) in [7, 11) is 0. The molecule has 0 aromatic carbocycles. The van der Waals surface area contributed by atoms with Gasteiger partial charge in [0.25, 0.3) is 0 Å². The largest absolute Gasteiger partial charge is 0.401 e. The minimum atomic E-state index is -4.08. The van der Waals surface area contributed by atoms with Crippen LogP contribution in [0.15, 0.2) is 0 Å². The predicted molar refractivity (Wildman–Crippen MR) is 59.0 cm³/mol. The highest BCUT2D eigenvalue weighted by Gasteiger charge is 2.26. The highest BCUT2D eigenvalue weighted by atomic mass is 35.5. The first kappa shape index (κ1) is 17.7. The van der Waals surface area contributed by atoms with Crippen molar-refractivity contribution < 1.29 is 13.2 Å². The molecule has 1 fully saturated rings. The lowest BCUT2D eigenvalue weighted by Gasteiger charge is -2.23. The molecule has 1 rings (SSSR count). The van der Waals surface area contributed by atoms with Gasteiger partial charge in [0.15, 0.2) is 0 Å². The van der Waals surface area contributed by atoms with E-state index in [1.165, 1.54) is 0 Å². The second-order valence-corrected chi connectivity index (χ2v) is 3.44. The molecule has 0 amide bonds. The van der Waals surface area contributed by atoms with Crippen molar-refractivity contribution >= 4 is 24.8 Å². The highest BCUT2D eigenvalue weighted by molar-refractivity contribution is 5.85. The van der Waals surface area contributed by atoms with Crippen LogP contribution in [0.1, 0.15) is 12.8 Å². The molecular formula is C8H17Cl2F3N2. The molecule has 7 heteroatoms. The summed E-state index contributed by atoms with van der Waals surface area (Å²) in [5.74, 6) is 0.406. The molecular weight excluding hydrogens is 252 g/mol. The number of rotatable bonds is 3. The van der Waals surface area contributed by atoms with Crippen LogP contribution in [0.2, 0.25) is 0 Å². The number of nitrogens with one attached hydrogen (secondary N) is 2. The molecule has 0 aromatic rings. The molecule has 0 radical (unpaired) electrons. The van der Waals surface area contributed by atoms with Gasteiger partial charge in [-0.25, -0.2) is 0 Å². The van der Waals surface area contributed by atoms with E-state index in [0.717, 1.165) is 25.9 Å². The fourth-order valence-electron chi connectivity index (χ4n) is 1.50. The molecule has 15 heavy (non-hydrogen) atoms. The second-order valence-electron chi connectivity index (χ2n) is 3.44. The average molecular weight is 269 g/mol. The van der Waals surface area contributed by atoms with E-state index in [1.807, 2.05) is 0 Å². The minimum Gasteiger partial charge on any atom is -0.317 e. The van der Waals surface area contributed by atoms with Crippen molar-refractivity contribution in [2.45, 2.75) is 19.0 Å². The van der Waals surface area contributed by atoms with Gasteiger partial charge in [-0.1, -0.05) is 0 Å². The van der Waals surface area contributed by atoms with E-state index in [1.54, 1.807) is 0 Å². The average Bonchev–Trinajstić information content (AvgIpc) is 2.04. The molecule has 1 heterocycles. The Labute approximate surface area is 100 Å². The number of piperidine rings is 1. The van der Waals surface area contributed by atoms with Crippen molar-refractivity contribution in [2.24, 2.45) is 5.92 Å². The highest BCUT2D eigenvalue weighted by Crippen LogP contribution is 2.14. The van der Waals surface area contributed by atoms with Gasteiger partial charge in [0.05, 0.1) is 6.54 Å². The molecule has 0 atom stereocenters. The third-order valence-electron chi connectivity index (χ3n) is 2.22. The number of halogens is 5. The van der Waals surface area contributed by atoms with E-state index < -0.39 is 12.7 Å². The molecule has 1 aliphatic heterocycles. The zero-order valence-electron chi connectivity index (χ0n) is 8.27. The maximum Gasteiger partial charge on any atom is 0.401 e. The van der Waals surface area contributed by atoms with E-state index in [4.69, 9.17) is 0 Å². The molecule has 0 aliphatic carbocycles. The third kappa shape index (κ3) is 9.23. The van der Waals surface area contributed by atoms with Gasteiger partial charge in [-0.3, -0.25) is 0 Å². The van der Waals surface area contributed by atoms with Crippen LogP contribution in [-0.2, 0) is 0 Å². The maximum atomic E-state index is 11.7. The molecule has 1 aliphatic rings. The Balaban J connectivity index is 0. The fourth-order valence-corrected chi connectivity index (χ4v) is 1.50. The molecule has 0 bridgehead atoms. The fraction of sp³-hybridized carbons (Fsp3) is 1.00. The molecule has 0 aromatic heterocycles. The summed E-state index contributed by atoms with van der Waals surface area (Å²) in [4.78, 5) is 0. The van der Waals surface area contributed by atoms with Crippen LogP contribution in [0.25, 0.3) is 0 Å². The van der Waals surface area contributed by atoms with Crippen LogP contribution in [0.5, 0.6) is 0 Å². The Morgan fingerprint density at radius 2 is 1.67 bits per heavy atom. The van der Waals surface area contributed by atoms with Gasteiger partial charge in [0, 0.05) is 0 Å². The summed E-state index contributed by atoms with van der Waals surface area (Å²) in [6, 6.07) is 0. The smallest absolute Gasteiger partial charge is 0.317 e. The normalized spacial score (nSPS) is 17.8. The molecule has 2 nitrogen and oxygen atoms in total. The first-order valence-corrected chi connectivity index (χ1v) is 4.56. The summed E-state index contributed by atoms with van der Waals surface area (Å²) in [5.41, 5.74) is 0. The zero-order valence-corrected chi connectivity index (χ0v) is 9.90. The van der Waals surface area contributed by atoms with E-state index >= 15 is 0 Å².